The minimum atomic E-state index is -0.292. The van der Waals surface area contributed by atoms with E-state index < -0.39 is 0 Å². The van der Waals surface area contributed by atoms with Crippen molar-refractivity contribution in [2.75, 3.05) is 10.6 Å². The Labute approximate surface area is 169 Å². The number of carbonyl (C=O) groups is 2. The van der Waals surface area contributed by atoms with E-state index in [0.29, 0.717) is 22.6 Å². The molecule has 0 aliphatic rings. The summed E-state index contributed by atoms with van der Waals surface area (Å²) in [5.41, 5.74) is 2.40. The van der Waals surface area contributed by atoms with Crippen molar-refractivity contribution >= 4 is 28.9 Å². The van der Waals surface area contributed by atoms with Gasteiger partial charge in [0.2, 0.25) is 0 Å². The van der Waals surface area contributed by atoms with Gasteiger partial charge < -0.3 is 15.4 Å². The molecule has 3 rings (SSSR count). The van der Waals surface area contributed by atoms with Gasteiger partial charge in [0.15, 0.2) is 5.78 Å². The van der Waals surface area contributed by atoms with E-state index in [1.54, 1.807) is 36.4 Å². The zero-order valence-electron chi connectivity index (χ0n) is 16.6. The molecule has 148 valence electrons. The van der Waals surface area contributed by atoms with Crippen LogP contribution in [0, 0.1) is 0 Å². The smallest absolute Gasteiger partial charge is 0.257 e. The molecule has 29 heavy (non-hydrogen) atoms. The number of benzene rings is 2. The van der Waals surface area contributed by atoms with Crippen LogP contribution in [-0.4, -0.2) is 22.8 Å². The van der Waals surface area contributed by atoms with Crippen molar-refractivity contribution in [3.8, 4) is 5.75 Å². The lowest BCUT2D eigenvalue weighted by Crippen LogP contribution is -2.12. The summed E-state index contributed by atoms with van der Waals surface area (Å²) in [5.74, 6) is 1.08. The van der Waals surface area contributed by atoms with Crippen molar-refractivity contribution in [2.24, 2.45) is 0 Å². The fourth-order valence-electron chi connectivity index (χ4n) is 2.66. The van der Waals surface area contributed by atoms with Gasteiger partial charge in [-0.25, -0.2) is 4.98 Å². The van der Waals surface area contributed by atoms with Gasteiger partial charge in [0.25, 0.3) is 5.91 Å². The summed E-state index contributed by atoms with van der Waals surface area (Å²) in [6.45, 7) is 5.45. The van der Waals surface area contributed by atoms with Crippen LogP contribution in [-0.2, 0) is 0 Å². The molecule has 0 aliphatic heterocycles. The molecule has 0 saturated heterocycles. The maximum absolute atomic E-state index is 12.4. The summed E-state index contributed by atoms with van der Waals surface area (Å²) in [6.07, 6.45) is 1.63. The van der Waals surface area contributed by atoms with Gasteiger partial charge in [-0.3, -0.25) is 9.59 Å². The number of pyridine rings is 1. The Bertz CT molecular complexity index is 997. The van der Waals surface area contributed by atoms with Crippen LogP contribution in [0.4, 0.5) is 17.2 Å². The van der Waals surface area contributed by atoms with E-state index in [9.17, 15) is 9.59 Å². The maximum atomic E-state index is 12.4. The summed E-state index contributed by atoms with van der Waals surface area (Å²) >= 11 is 0. The molecule has 0 atom stereocenters. The van der Waals surface area contributed by atoms with E-state index in [1.807, 2.05) is 38.1 Å². The quantitative estimate of drug-likeness (QED) is 0.552. The predicted molar refractivity (Wildman–Crippen MR) is 114 cm³/mol. The first-order valence-electron chi connectivity index (χ1n) is 9.33. The second-order valence-electron chi connectivity index (χ2n) is 6.84. The number of nitrogens with one attached hydrogen (secondary N) is 2. The van der Waals surface area contributed by atoms with Crippen molar-refractivity contribution in [1.82, 2.24) is 4.98 Å². The first-order chi connectivity index (χ1) is 13.9. The number of aromatic nitrogens is 1. The van der Waals surface area contributed by atoms with Gasteiger partial charge in [-0.2, -0.15) is 0 Å². The molecule has 0 spiro atoms. The molecule has 0 unspecified atom stereocenters. The Balaban J connectivity index is 1.63. The Kier molecular flexibility index (Phi) is 6.24. The highest BCUT2D eigenvalue weighted by molar-refractivity contribution is 6.05. The van der Waals surface area contributed by atoms with E-state index in [1.165, 1.54) is 13.1 Å². The number of Topliss-reactive ketones (excluding diaryl/α,β-unsaturated/α-hetero) is 1. The van der Waals surface area contributed by atoms with Crippen LogP contribution in [0.15, 0.2) is 66.9 Å². The third kappa shape index (κ3) is 5.65. The Morgan fingerprint density at radius 1 is 0.931 bits per heavy atom. The molecule has 6 nitrogen and oxygen atoms in total. The van der Waals surface area contributed by atoms with Crippen molar-refractivity contribution in [2.45, 2.75) is 26.9 Å². The zero-order valence-corrected chi connectivity index (χ0v) is 16.6. The van der Waals surface area contributed by atoms with Crippen molar-refractivity contribution < 1.29 is 14.3 Å². The molecule has 3 aromatic rings. The second-order valence-corrected chi connectivity index (χ2v) is 6.84. The topological polar surface area (TPSA) is 80.3 Å². The number of ketones is 1. The van der Waals surface area contributed by atoms with Crippen LogP contribution in [0.25, 0.3) is 0 Å². The molecule has 6 heteroatoms. The van der Waals surface area contributed by atoms with E-state index >= 15 is 0 Å². The Morgan fingerprint density at radius 2 is 1.69 bits per heavy atom. The first-order valence-corrected chi connectivity index (χ1v) is 9.33. The molecule has 0 fully saturated rings. The summed E-state index contributed by atoms with van der Waals surface area (Å²) in [5, 5.41) is 5.96. The Hall–Kier alpha value is -3.67. The predicted octanol–water partition coefficient (Wildman–Crippen LogP) is 5.07. The summed E-state index contributed by atoms with van der Waals surface area (Å²) in [6, 6.07) is 17.8. The third-order valence-electron chi connectivity index (χ3n) is 4.05. The van der Waals surface area contributed by atoms with Crippen molar-refractivity contribution in [1.29, 1.82) is 0 Å². The van der Waals surface area contributed by atoms with Gasteiger partial charge in [-0.1, -0.05) is 12.1 Å². The van der Waals surface area contributed by atoms with Gasteiger partial charge >= 0.3 is 0 Å². The normalized spacial score (nSPS) is 10.5. The number of ether oxygens (including phenoxy) is 1. The monoisotopic (exact) mass is 389 g/mol. The fraction of sp³-hybridized carbons (Fsp3) is 0.174. The molecule has 0 aliphatic carbocycles. The molecule has 0 radical (unpaired) electrons. The van der Waals surface area contributed by atoms with Gasteiger partial charge in [0.1, 0.15) is 11.6 Å². The van der Waals surface area contributed by atoms with Crippen molar-refractivity contribution in [3.05, 3.63) is 78.0 Å². The van der Waals surface area contributed by atoms with E-state index in [-0.39, 0.29) is 17.8 Å². The summed E-state index contributed by atoms with van der Waals surface area (Å²) in [4.78, 5) is 28.2. The fourth-order valence-corrected chi connectivity index (χ4v) is 2.66. The molecule has 2 aromatic carbocycles. The average Bonchev–Trinajstić information content (AvgIpc) is 2.70. The largest absolute Gasteiger partial charge is 0.491 e. The maximum Gasteiger partial charge on any atom is 0.257 e. The van der Waals surface area contributed by atoms with Gasteiger partial charge in [0, 0.05) is 23.1 Å². The molecule has 1 amide bonds. The SMILES string of the molecule is CC(=O)c1cccc(NC(=O)c2ccc(Nc3ccc(OC(C)C)cc3)nc2)c1. The lowest BCUT2D eigenvalue weighted by atomic mass is 10.1. The highest BCUT2D eigenvalue weighted by Gasteiger charge is 2.08. The van der Waals surface area contributed by atoms with E-state index in [0.717, 1.165) is 11.4 Å². The molecule has 2 N–H and O–H groups in total. The molecular weight excluding hydrogens is 366 g/mol. The van der Waals surface area contributed by atoms with Crippen LogP contribution in [0.1, 0.15) is 41.5 Å². The van der Waals surface area contributed by atoms with E-state index in [4.69, 9.17) is 4.74 Å². The van der Waals surface area contributed by atoms with Gasteiger partial charge in [0.05, 0.1) is 11.7 Å². The standard InChI is InChI=1S/C23H23N3O3/c1-15(2)29-21-10-8-19(9-11-21)25-22-12-7-18(14-24-22)23(28)26-20-6-4-5-17(13-20)16(3)27/h4-15H,1-3H3,(H,24,25)(H,26,28). The van der Waals surface area contributed by atoms with Crippen LogP contribution < -0.4 is 15.4 Å². The zero-order chi connectivity index (χ0) is 20.8. The number of amides is 1. The van der Waals surface area contributed by atoms with Crippen LogP contribution in [0.2, 0.25) is 0 Å². The highest BCUT2D eigenvalue weighted by Crippen LogP contribution is 2.20. The Morgan fingerprint density at radius 3 is 2.31 bits per heavy atom. The first kappa shape index (κ1) is 20.1. The summed E-state index contributed by atoms with van der Waals surface area (Å²) in [7, 11) is 0. The number of hydrogen-bond acceptors (Lipinski definition) is 5. The van der Waals surface area contributed by atoms with E-state index in [2.05, 4.69) is 15.6 Å². The highest BCUT2D eigenvalue weighted by atomic mass is 16.5. The molecule has 0 bridgehead atoms. The summed E-state index contributed by atoms with van der Waals surface area (Å²) < 4.78 is 5.62. The lowest BCUT2D eigenvalue weighted by molar-refractivity contribution is 0.101. The van der Waals surface area contributed by atoms with Crippen molar-refractivity contribution in [3.63, 3.8) is 0 Å². The minimum absolute atomic E-state index is 0.0537. The lowest BCUT2D eigenvalue weighted by Gasteiger charge is -2.11. The molecule has 1 heterocycles. The number of carbonyl (C=O) groups excluding carboxylic acids is 2. The number of hydrogen-bond donors (Lipinski definition) is 2. The number of nitrogens with zero attached hydrogens (tertiary/aromatic N) is 1. The molecule has 0 saturated carbocycles. The number of anilines is 3. The third-order valence-corrected chi connectivity index (χ3v) is 4.05. The second kappa shape index (κ2) is 9.01. The van der Waals surface area contributed by atoms with Crippen LogP contribution >= 0.6 is 0 Å². The van der Waals surface area contributed by atoms with Gasteiger partial charge in [-0.05, 0) is 69.3 Å². The average molecular weight is 389 g/mol. The number of rotatable bonds is 7. The van der Waals surface area contributed by atoms with Gasteiger partial charge in [-0.15, -0.1) is 0 Å². The molecule has 1 aromatic heterocycles. The van der Waals surface area contributed by atoms with Crippen LogP contribution in [0.3, 0.4) is 0 Å². The molecular formula is C23H23N3O3. The van der Waals surface area contributed by atoms with Crippen LogP contribution in [0.5, 0.6) is 5.75 Å². The minimum Gasteiger partial charge on any atom is -0.491 e.